The Morgan fingerprint density at radius 3 is 2.32 bits per heavy atom. The van der Waals surface area contributed by atoms with Crippen LogP contribution < -0.4 is 0 Å². The summed E-state index contributed by atoms with van der Waals surface area (Å²) in [6, 6.07) is 0.0808. The molecule has 0 N–H and O–H groups in total. The van der Waals surface area contributed by atoms with Gasteiger partial charge in [0, 0.05) is 19.1 Å². The topological polar surface area (TPSA) is 76.9 Å². The van der Waals surface area contributed by atoms with Crippen molar-refractivity contribution in [3.8, 4) is 0 Å². The van der Waals surface area contributed by atoms with Crippen molar-refractivity contribution in [2.75, 3.05) is 13.1 Å². The molecule has 9 heteroatoms. The van der Waals surface area contributed by atoms with E-state index in [1.54, 1.807) is 15.7 Å². The van der Waals surface area contributed by atoms with Gasteiger partial charge in [-0.15, -0.1) is 0 Å². The molecule has 0 aromatic carbocycles. The molecule has 3 heterocycles. The van der Waals surface area contributed by atoms with Gasteiger partial charge in [0.05, 0.1) is 25.0 Å². The number of carbonyl (C=O) groups excluding carboxylic acids is 2. The predicted octanol–water partition coefficient (Wildman–Crippen LogP) is 4.59. The van der Waals surface area contributed by atoms with Crippen LogP contribution in [0.15, 0.2) is 6.20 Å². The maximum absolute atomic E-state index is 13.2. The fourth-order valence-electron chi connectivity index (χ4n) is 3.68. The fourth-order valence-corrected chi connectivity index (χ4v) is 4.60. The number of amides is 2. The minimum Gasteiger partial charge on any atom is -0.444 e. The molecule has 0 bridgehead atoms. The second kappa shape index (κ2) is 8.24. The molecule has 0 aliphatic carbocycles. The third-order valence-electron chi connectivity index (χ3n) is 6.60. The molecule has 8 nitrogen and oxygen atoms in total. The number of carbonyl (C=O) groups is 2. The van der Waals surface area contributed by atoms with Crippen LogP contribution >= 0.6 is 0 Å². The van der Waals surface area contributed by atoms with E-state index in [4.69, 9.17) is 9.16 Å². The van der Waals surface area contributed by atoms with E-state index in [1.807, 2.05) is 25.7 Å². The second-order valence-corrected chi connectivity index (χ2v) is 16.0. The molecule has 0 atom stereocenters. The molecule has 1 saturated heterocycles. The van der Waals surface area contributed by atoms with Crippen molar-refractivity contribution in [2.45, 2.75) is 97.3 Å². The summed E-state index contributed by atoms with van der Waals surface area (Å²) in [5.74, 6) is 0.679. The minimum absolute atomic E-state index is 0.0305. The molecular formula is C22H38N4O4Si. The summed E-state index contributed by atoms with van der Waals surface area (Å²) in [5.41, 5.74) is 0.409. The van der Waals surface area contributed by atoms with Crippen LogP contribution in [0, 0.1) is 0 Å². The molecule has 1 aromatic heterocycles. The zero-order valence-corrected chi connectivity index (χ0v) is 21.3. The molecule has 0 radical (unpaired) electrons. The summed E-state index contributed by atoms with van der Waals surface area (Å²) < 4.78 is 13.5. The Balaban J connectivity index is 1.60. The van der Waals surface area contributed by atoms with Gasteiger partial charge in [-0.25, -0.2) is 19.1 Å². The zero-order chi connectivity index (χ0) is 23.2. The summed E-state index contributed by atoms with van der Waals surface area (Å²) in [6.07, 6.45) is 3.01. The van der Waals surface area contributed by atoms with Crippen LogP contribution in [0.3, 0.4) is 0 Å². The molecule has 2 aliphatic heterocycles. The highest BCUT2D eigenvalue weighted by Crippen LogP contribution is 2.37. The summed E-state index contributed by atoms with van der Waals surface area (Å²) in [5, 5.41) is 0.103. The summed E-state index contributed by atoms with van der Waals surface area (Å²) >= 11 is 0. The van der Waals surface area contributed by atoms with Crippen molar-refractivity contribution in [2.24, 2.45) is 0 Å². The van der Waals surface area contributed by atoms with Crippen LogP contribution in [0.4, 0.5) is 9.59 Å². The molecule has 2 aliphatic rings. The van der Waals surface area contributed by atoms with Crippen molar-refractivity contribution < 1.29 is 18.8 Å². The van der Waals surface area contributed by atoms with E-state index in [0.29, 0.717) is 32.1 Å². The van der Waals surface area contributed by atoms with Gasteiger partial charge in [0.15, 0.2) is 8.32 Å². The number of hydrogen-bond donors (Lipinski definition) is 0. The Hall–Kier alpha value is -1.87. The number of aromatic nitrogens is 2. The Morgan fingerprint density at radius 2 is 1.77 bits per heavy atom. The van der Waals surface area contributed by atoms with E-state index in [2.05, 4.69) is 38.8 Å². The highest BCUT2D eigenvalue weighted by atomic mass is 28.4. The Kier molecular flexibility index (Phi) is 6.32. The predicted molar refractivity (Wildman–Crippen MR) is 121 cm³/mol. The van der Waals surface area contributed by atoms with Crippen molar-refractivity contribution in [3.63, 3.8) is 0 Å². The van der Waals surface area contributed by atoms with Crippen molar-refractivity contribution >= 4 is 20.4 Å². The average molecular weight is 451 g/mol. The lowest BCUT2D eigenvalue weighted by Gasteiger charge is -2.37. The average Bonchev–Trinajstić information content (AvgIpc) is 3.18. The smallest absolute Gasteiger partial charge is 0.410 e. The van der Waals surface area contributed by atoms with Crippen molar-refractivity contribution in [1.82, 2.24) is 19.4 Å². The maximum Gasteiger partial charge on any atom is 0.410 e. The highest BCUT2D eigenvalue weighted by Gasteiger charge is 2.40. The maximum atomic E-state index is 13.2. The number of nitrogens with zero attached hydrogens (tertiary/aromatic N) is 4. The van der Waals surface area contributed by atoms with E-state index in [0.717, 1.165) is 18.5 Å². The summed E-state index contributed by atoms with van der Waals surface area (Å²) in [6.45, 7) is 18.7. The molecular weight excluding hydrogens is 412 g/mol. The van der Waals surface area contributed by atoms with Crippen LogP contribution in [0.25, 0.3) is 0 Å². The lowest BCUT2D eigenvalue weighted by atomic mass is 10.0. The van der Waals surface area contributed by atoms with Gasteiger partial charge in [-0.3, -0.25) is 0 Å². The Bertz CT molecular complexity index is 830. The summed E-state index contributed by atoms with van der Waals surface area (Å²) in [7, 11) is -1.93. The van der Waals surface area contributed by atoms with Gasteiger partial charge in [0.25, 0.3) is 0 Å². The van der Waals surface area contributed by atoms with Crippen LogP contribution in [0.5, 0.6) is 0 Å². The van der Waals surface area contributed by atoms with Gasteiger partial charge in [-0.1, -0.05) is 20.8 Å². The van der Waals surface area contributed by atoms with E-state index in [1.165, 1.54) is 0 Å². The van der Waals surface area contributed by atoms with E-state index >= 15 is 0 Å². The summed E-state index contributed by atoms with van der Waals surface area (Å²) in [4.78, 5) is 33.6. The van der Waals surface area contributed by atoms with Crippen LogP contribution in [-0.4, -0.2) is 64.5 Å². The highest BCUT2D eigenvalue weighted by molar-refractivity contribution is 6.74. The van der Waals surface area contributed by atoms with Crippen molar-refractivity contribution in [3.05, 3.63) is 17.7 Å². The third-order valence-corrected chi connectivity index (χ3v) is 11.1. The fraction of sp³-hybridized carbons (Fsp3) is 0.773. The molecule has 3 rings (SSSR count). The van der Waals surface area contributed by atoms with E-state index < -0.39 is 13.9 Å². The molecule has 2 amide bonds. The largest absolute Gasteiger partial charge is 0.444 e. The van der Waals surface area contributed by atoms with Crippen LogP contribution in [0.1, 0.15) is 65.9 Å². The quantitative estimate of drug-likeness (QED) is 0.627. The van der Waals surface area contributed by atoms with Crippen molar-refractivity contribution in [1.29, 1.82) is 0 Å². The number of piperidine rings is 1. The molecule has 0 spiro atoms. The normalized spacial score (nSPS) is 18.5. The first-order chi connectivity index (χ1) is 14.2. The van der Waals surface area contributed by atoms with Crippen LogP contribution in [-0.2, 0) is 22.3 Å². The number of rotatable bonds is 4. The van der Waals surface area contributed by atoms with Gasteiger partial charge in [-0.05, 0) is 51.7 Å². The number of imidazole rings is 1. The molecule has 0 unspecified atom stereocenters. The Labute approximate surface area is 187 Å². The lowest BCUT2D eigenvalue weighted by molar-refractivity contribution is 0.0166. The van der Waals surface area contributed by atoms with Gasteiger partial charge in [-0.2, -0.15) is 0 Å². The minimum atomic E-state index is -1.93. The third kappa shape index (κ3) is 5.14. The first-order valence-corrected chi connectivity index (χ1v) is 14.1. The number of fused-ring (bicyclic) bond motifs is 1. The standard InChI is InChI=1S/C22H38N4O4Si/c1-21(2,3)30-20(28)24-11-9-16(10-12-24)25-14-17-13-23-18(26(17)19(25)27)15-29-31(7,8)22(4,5)6/h13,16H,9-12,14-15H2,1-8H3. The van der Waals surface area contributed by atoms with E-state index in [-0.39, 0.29) is 23.2 Å². The second-order valence-electron chi connectivity index (χ2n) is 11.2. The molecule has 31 heavy (non-hydrogen) atoms. The first kappa shape index (κ1) is 23.8. The van der Waals surface area contributed by atoms with Gasteiger partial charge in [0.2, 0.25) is 0 Å². The van der Waals surface area contributed by atoms with Gasteiger partial charge in [0.1, 0.15) is 11.4 Å². The monoisotopic (exact) mass is 450 g/mol. The SMILES string of the molecule is CC(C)(C)OC(=O)N1CCC(N2Cc3cnc(CO[Si](C)(C)C(C)(C)C)n3C2=O)CC1. The molecule has 174 valence electrons. The van der Waals surface area contributed by atoms with Gasteiger partial charge < -0.3 is 19.0 Å². The molecule has 1 fully saturated rings. The van der Waals surface area contributed by atoms with Crippen LogP contribution in [0.2, 0.25) is 18.1 Å². The first-order valence-electron chi connectivity index (χ1n) is 11.2. The lowest BCUT2D eigenvalue weighted by Crippen LogP contribution is -2.48. The van der Waals surface area contributed by atoms with E-state index in [9.17, 15) is 9.59 Å². The Morgan fingerprint density at radius 1 is 1.16 bits per heavy atom. The zero-order valence-electron chi connectivity index (χ0n) is 20.3. The number of ether oxygens (including phenoxy) is 1. The number of hydrogen-bond acceptors (Lipinski definition) is 5. The van der Waals surface area contributed by atoms with Gasteiger partial charge >= 0.3 is 12.1 Å². The number of likely N-dealkylation sites (tertiary alicyclic amines) is 1. The molecule has 0 saturated carbocycles. The molecule has 1 aromatic rings.